The molecule has 4 heteroatoms. The van der Waals surface area contributed by atoms with E-state index in [9.17, 15) is 4.79 Å². The molecule has 0 amide bonds. The topological polar surface area (TPSA) is 62.2 Å². The molecule has 0 spiro atoms. The maximum atomic E-state index is 11.1. The van der Waals surface area contributed by atoms with Gasteiger partial charge in [0.15, 0.2) is 0 Å². The van der Waals surface area contributed by atoms with Gasteiger partial charge in [-0.3, -0.25) is 0 Å². The van der Waals surface area contributed by atoms with Crippen molar-refractivity contribution in [2.45, 2.75) is 52.5 Å². The number of nitrogens with one attached hydrogen (secondary N) is 1. The molecule has 1 atom stereocenters. The SMILES string of the molecule is Cc1cc(C(=O)O)cc(NC2CCCCC2(C)C)n1. The highest BCUT2D eigenvalue weighted by atomic mass is 16.4. The lowest BCUT2D eigenvalue weighted by molar-refractivity contribution is 0.0696. The van der Waals surface area contributed by atoms with Crippen molar-refractivity contribution in [1.29, 1.82) is 0 Å². The van der Waals surface area contributed by atoms with Crippen molar-refractivity contribution in [2.24, 2.45) is 5.41 Å². The van der Waals surface area contributed by atoms with Crippen LogP contribution in [0.3, 0.4) is 0 Å². The van der Waals surface area contributed by atoms with Crippen LogP contribution in [0.1, 0.15) is 55.6 Å². The largest absolute Gasteiger partial charge is 0.478 e. The number of aryl methyl sites for hydroxylation is 1. The van der Waals surface area contributed by atoms with Crippen molar-refractivity contribution in [3.05, 3.63) is 23.4 Å². The van der Waals surface area contributed by atoms with Crippen LogP contribution in [0.4, 0.5) is 5.82 Å². The average molecular weight is 262 g/mol. The molecule has 19 heavy (non-hydrogen) atoms. The fourth-order valence-electron chi connectivity index (χ4n) is 2.81. The minimum absolute atomic E-state index is 0.229. The van der Waals surface area contributed by atoms with E-state index < -0.39 is 5.97 Å². The molecule has 2 rings (SSSR count). The van der Waals surface area contributed by atoms with Gasteiger partial charge in [0.2, 0.25) is 0 Å². The molecule has 1 unspecified atom stereocenters. The average Bonchev–Trinajstić information content (AvgIpc) is 2.31. The summed E-state index contributed by atoms with van der Waals surface area (Å²) in [6.07, 6.45) is 4.80. The maximum Gasteiger partial charge on any atom is 0.335 e. The molecule has 104 valence electrons. The Morgan fingerprint density at radius 3 is 2.79 bits per heavy atom. The Hall–Kier alpha value is -1.58. The predicted molar refractivity (Wildman–Crippen MR) is 75.6 cm³/mol. The fourth-order valence-corrected chi connectivity index (χ4v) is 2.81. The number of pyridine rings is 1. The van der Waals surface area contributed by atoms with E-state index >= 15 is 0 Å². The number of hydrogen-bond acceptors (Lipinski definition) is 3. The summed E-state index contributed by atoms with van der Waals surface area (Å²) in [7, 11) is 0. The number of carboxylic acid groups (broad SMARTS) is 1. The Morgan fingerprint density at radius 2 is 2.16 bits per heavy atom. The minimum Gasteiger partial charge on any atom is -0.478 e. The summed E-state index contributed by atoms with van der Waals surface area (Å²) in [6.45, 7) is 6.35. The summed E-state index contributed by atoms with van der Waals surface area (Å²) in [4.78, 5) is 15.5. The maximum absolute atomic E-state index is 11.1. The van der Waals surface area contributed by atoms with Gasteiger partial charge in [-0.15, -0.1) is 0 Å². The third-order valence-corrected chi connectivity index (χ3v) is 4.03. The van der Waals surface area contributed by atoms with E-state index in [4.69, 9.17) is 5.11 Å². The van der Waals surface area contributed by atoms with Crippen molar-refractivity contribution in [3.8, 4) is 0 Å². The van der Waals surface area contributed by atoms with Crippen LogP contribution in [0.15, 0.2) is 12.1 Å². The summed E-state index contributed by atoms with van der Waals surface area (Å²) in [5.74, 6) is -0.228. The van der Waals surface area contributed by atoms with Crippen LogP contribution < -0.4 is 5.32 Å². The zero-order valence-electron chi connectivity index (χ0n) is 11.9. The van der Waals surface area contributed by atoms with Crippen molar-refractivity contribution < 1.29 is 9.90 Å². The van der Waals surface area contributed by atoms with Gasteiger partial charge in [-0.2, -0.15) is 0 Å². The lowest BCUT2D eigenvalue weighted by Gasteiger charge is -2.39. The number of anilines is 1. The number of carboxylic acids is 1. The van der Waals surface area contributed by atoms with Crippen molar-refractivity contribution in [3.63, 3.8) is 0 Å². The van der Waals surface area contributed by atoms with Gasteiger partial charge in [0.05, 0.1) is 5.56 Å². The van der Waals surface area contributed by atoms with E-state index in [1.807, 2.05) is 6.92 Å². The first-order valence-electron chi connectivity index (χ1n) is 6.87. The summed E-state index contributed by atoms with van der Waals surface area (Å²) in [6, 6.07) is 3.58. The van der Waals surface area contributed by atoms with E-state index in [1.54, 1.807) is 12.1 Å². The van der Waals surface area contributed by atoms with Crippen LogP contribution in [-0.2, 0) is 0 Å². The molecule has 1 aromatic heterocycles. The van der Waals surface area contributed by atoms with E-state index in [-0.39, 0.29) is 5.41 Å². The minimum atomic E-state index is -0.906. The Bertz CT molecular complexity index is 483. The summed E-state index contributed by atoms with van der Waals surface area (Å²) in [5, 5.41) is 12.5. The molecule has 0 saturated heterocycles. The molecule has 1 aliphatic carbocycles. The molecule has 0 aromatic carbocycles. The number of aromatic nitrogens is 1. The Labute approximate surface area is 114 Å². The second-order valence-electron chi connectivity index (χ2n) is 6.12. The van der Waals surface area contributed by atoms with E-state index in [2.05, 4.69) is 24.1 Å². The molecule has 0 aliphatic heterocycles. The molecule has 0 bridgehead atoms. The lowest BCUT2D eigenvalue weighted by Crippen LogP contribution is -2.39. The van der Waals surface area contributed by atoms with E-state index in [0.29, 0.717) is 17.4 Å². The lowest BCUT2D eigenvalue weighted by atomic mass is 9.73. The Kier molecular flexibility index (Phi) is 3.78. The van der Waals surface area contributed by atoms with Crippen LogP contribution in [0, 0.1) is 12.3 Å². The van der Waals surface area contributed by atoms with Crippen LogP contribution in [0.5, 0.6) is 0 Å². The summed E-state index contributed by atoms with van der Waals surface area (Å²) in [5.41, 5.74) is 1.26. The van der Waals surface area contributed by atoms with Gasteiger partial charge in [0.1, 0.15) is 5.82 Å². The standard InChI is InChI=1S/C15H22N2O2/c1-10-8-11(14(18)19)9-13(16-10)17-12-6-4-5-7-15(12,2)3/h8-9,12H,4-7H2,1-3H3,(H,16,17)(H,18,19). The first-order valence-corrected chi connectivity index (χ1v) is 6.87. The third-order valence-electron chi connectivity index (χ3n) is 4.03. The second-order valence-corrected chi connectivity index (χ2v) is 6.12. The predicted octanol–water partition coefficient (Wildman–Crippen LogP) is 3.47. The van der Waals surface area contributed by atoms with Crippen LogP contribution >= 0.6 is 0 Å². The Morgan fingerprint density at radius 1 is 1.42 bits per heavy atom. The fraction of sp³-hybridized carbons (Fsp3) is 0.600. The molecule has 1 aromatic rings. The smallest absolute Gasteiger partial charge is 0.335 e. The monoisotopic (exact) mass is 262 g/mol. The normalized spacial score (nSPS) is 21.9. The molecule has 1 saturated carbocycles. The van der Waals surface area contributed by atoms with Crippen molar-refractivity contribution in [2.75, 3.05) is 5.32 Å². The third kappa shape index (κ3) is 3.25. The Balaban J connectivity index is 2.20. The van der Waals surface area contributed by atoms with Crippen LogP contribution in [-0.4, -0.2) is 22.1 Å². The van der Waals surface area contributed by atoms with Gasteiger partial charge in [0, 0.05) is 11.7 Å². The van der Waals surface area contributed by atoms with Gasteiger partial charge < -0.3 is 10.4 Å². The number of nitrogens with zero attached hydrogens (tertiary/aromatic N) is 1. The molecule has 0 radical (unpaired) electrons. The van der Waals surface area contributed by atoms with Gasteiger partial charge in [0.25, 0.3) is 0 Å². The quantitative estimate of drug-likeness (QED) is 0.875. The van der Waals surface area contributed by atoms with E-state index in [0.717, 1.165) is 12.1 Å². The highest BCUT2D eigenvalue weighted by Crippen LogP contribution is 2.37. The molecular formula is C15H22N2O2. The molecule has 2 N–H and O–H groups in total. The summed E-state index contributed by atoms with van der Waals surface area (Å²) >= 11 is 0. The van der Waals surface area contributed by atoms with Gasteiger partial charge in [-0.25, -0.2) is 9.78 Å². The van der Waals surface area contributed by atoms with Crippen LogP contribution in [0.25, 0.3) is 0 Å². The van der Waals surface area contributed by atoms with Gasteiger partial charge in [-0.05, 0) is 37.3 Å². The number of carbonyl (C=O) groups is 1. The second kappa shape index (κ2) is 5.19. The molecule has 1 heterocycles. The zero-order valence-corrected chi connectivity index (χ0v) is 11.9. The van der Waals surface area contributed by atoms with Gasteiger partial charge >= 0.3 is 5.97 Å². The van der Waals surface area contributed by atoms with Gasteiger partial charge in [-0.1, -0.05) is 26.7 Å². The number of aromatic carboxylic acids is 1. The first-order chi connectivity index (χ1) is 8.88. The van der Waals surface area contributed by atoms with E-state index in [1.165, 1.54) is 19.3 Å². The molecular weight excluding hydrogens is 240 g/mol. The number of rotatable bonds is 3. The summed E-state index contributed by atoms with van der Waals surface area (Å²) < 4.78 is 0. The highest BCUT2D eigenvalue weighted by Gasteiger charge is 2.32. The van der Waals surface area contributed by atoms with Crippen molar-refractivity contribution >= 4 is 11.8 Å². The molecule has 4 nitrogen and oxygen atoms in total. The van der Waals surface area contributed by atoms with Crippen LogP contribution in [0.2, 0.25) is 0 Å². The molecule has 1 fully saturated rings. The first kappa shape index (κ1) is 13.8. The van der Waals surface area contributed by atoms with Crippen molar-refractivity contribution in [1.82, 2.24) is 4.98 Å². The number of hydrogen-bond donors (Lipinski definition) is 2. The molecule has 1 aliphatic rings. The highest BCUT2D eigenvalue weighted by molar-refractivity contribution is 5.88. The zero-order chi connectivity index (χ0) is 14.0.